The molecule has 1 N–H and O–H groups in total. The van der Waals surface area contributed by atoms with Gasteiger partial charge in [-0.25, -0.2) is 4.98 Å². The minimum absolute atomic E-state index is 0.293. The van der Waals surface area contributed by atoms with E-state index in [4.69, 9.17) is 5.11 Å². The SMILES string of the molecule is Cc1cccc(-n2ccnc2SCCCCCO)c1C. The molecule has 1 heterocycles. The molecule has 108 valence electrons. The second-order valence-electron chi connectivity index (χ2n) is 4.93. The number of aliphatic hydroxyl groups excluding tert-OH is 1. The van der Waals surface area contributed by atoms with E-state index in [1.54, 1.807) is 11.8 Å². The maximum Gasteiger partial charge on any atom is 0.172 e. The summed E-state index contributed by atoms with van der Waals surface area (Å²) in [4.78, 5) is 4.46. The first-order valence-electron chi connectivity index (χ1n) is 7.07. The van der Waals surface area contributed by atoms with Crippen LogP contribution in [0.4, 0.5) is 0 Å². The van der Waals surface area contributed by atoms with Crippen LogP contribution in [0.1, 0.15) is 30.4 Å². The van der Waals surface area contributed by atoms with Gasteiger partial charge in [0.2, 0.25) is 0 Å². The Balaban J connectivity index is 2.06. The number of nitrogens with zero attached hydrogens (tertiary/aromatic N) is 2. The fourth-order valence-electron chi connectivity index (χ4n) is 2.13. The molecule has 0 saturated heterocycles. The Morgan fingerprint density at radius 1 is 1.20 bits per heavy atom. The van der Waals surface area contributed by atoms with Crippen molar-refractivity contribution in [2.75, 3.05) is 12.4 Å². The molecule has 0 radical (unpaired) electrons. The maximum absolute atomic E-state index is 8.78. The quantitative estimate of drug-likeness (QED) is 0.623. The lowest BCUT2D eigenvalue weighted by Gasteiger charge is -2.12. The van der Waals surface area contributed by atoms with Crippen LogP contribution in [0.3, 0.4) is 0 Å². The van der Waals surface area contributed by atoms with Crippen molar-refractivity contribution in [2.45, 2.75) is 38.3 Å². The Bertz CT molecular complexity index is 551. The van der Waals surface area contributed by atoms with Crippen molar-refractivity contribution < 1.29 is 5.11 Å². The van der Waals surface area contributed by atoms with Crippen LogP contribution in [-0.4, -0.2) is 27.0 Å². The molecule has 0 unspecified atom stereocenters. The average Bonchev–Trinajstić information content (AvgIpc) is 2.90. The molecule has 2 rings (SSSR count). The van der Waals surface area contributed by atoms with Crippen LogP contribution in [0.25, 0.3) is 5.69 Å². The second kappa shape index (κ2) is 7.50. The highest BCUT2D eigenvalue weighted by Crippen LogP contribution is 2.24. The van der Waals surface area contributed by atoms with E-state index in [-0.39, 0.29) is 0 Å². The molecule has 0 atom stereocenters. The van der Waals surface area contributed by atoms with Gasteiger partial charge in [-0.15, -0.1) is 0 Å². The molecule has 0 bridgehead atoms. The molecular formula is C16H22N2OS. The van der Waals surface area contributed by atoms with Gasteiger partial charge in [-0.3, -0.25) is 4.57 Å². The van der Waals surface area contributed by atoms with Crippen molar-refractivity contribution in [3.8, 4) is 5.69 Å². The van der Waals surface area contributed by atoms with Crippen molar-refractivity contribution >= 4 is 11.8 Å². The molecule has 20 heavy (non-hydrogen) atoms. The third kappa shape index (κ3) is 3.64. The van der Waals surface area contributed by atoms with Crippen molar-refractivity contribution in [3.05, 3.63) is 41.7 Å². The van der Waals surface area contributed by atoms with Gasteiger partial charge in [0, 0.05) is 24.8 Å². The van der Waals surface area contributed by atoms with Crippen LogP contribution in [0.2, 0.25) is 0 Å². The predicted molar refractivity (Wildman–Crippen MR) is 84.7 cm³/mol. The Labute approximate surface area is 125 Å². The molecule has 3 nitrogen and oxygen atoms in total. The number of imidazole rings is 1. The van der Waals surface area contributed by atoms with E-state index in [0.29, 0.717) is 6.61 Å². The molecule has 0 aliphatic carbocycles. The molecule has 0 spiro atoms. The first-order valence-corrected chi connectivity index (χ1v) is 8.06. The summed E-state index contributed by atoms with van der Waals surface area (Å²) in [7, 11) is 0. The summed E-state index contributed by atoms with van der Waals surface area (Å²) < 4.78 is 2.17. The van der Waals surface area contributed by atoms with Crippen LogP contribution in [0, 0.1) is 13.8 Å². The van der Waals surface area contributed by atoms with Gasteiger partial charge in [-0.05, 0) is 43.9 Å². The monoisotopic (exact) mass is 290 g/mol. The molecule has 1 aromatic carbocycles. The third-order valence-electron chi connectivity index (χ3n) is 3.48. The Morgan fingerprint density at radius 2 is 2.05 bits per heavy atom. The van der Waals surface area contributed by atoms with Gasteiger partial charge in [0.05, 0.1) is 5.69 Å². The van der Waals surface area contributed by atoms with Gasteiger partial charge in [0.25, 0.3) is 0 Å². The molecule has 0 aliphatic rings. The molecule has 0 amide bonds. The van der Waals surface area contributed by atoms with Gasteiger partial charge in [0.1, 0.15) is 0 Å². The predicted octanol–water partition coefficient (Wildman–Crippen LogP) is 3.74. The molecule has 1 aromatic heterocycles. The third-order valence-corrected chi connectivity index (χ3v) is 4.53. The number of benzene rings is 1. The van der Waals surface area contributed by atoms with E-state index in [1.165, 1.54) is 16.8 Å². The highest BCUT2D eigenvalue weighted by atomic mass is 32.2. The van der Waals surface area contributed by atoms with Gasteiger partial charge in [-0.2, -0.15) is 0 Å². The Morgan fingerprint density at radius 3 is 2.85 bits per heavy atom. The first-order chi connectivity index (χ1) is 9.74. The summed E-state index contributed by atoms with van der Waals surface area (Å²) in [5.74, 6) is 1.04. The molecule has 0 aliphatic heterocycles. The molecule has 0 fully saturated rings. The number of hydrogen-bond acceptors (Lipinski definition) is 3. The number of unbranched alkanes of at least 4 members (excludes halogenated alkanes) is 2. The lowest BCUT2D eigenvalue weighted by molar-refractivity contribution is 0.284. The summed E-state index contributed by atoms with van der Waals surface area (Å²) in [6.07, 6.45) is 6.97. The van der Waals surface area contributed by atoms with Crippen LogP contribution < -0.4 is 0 Å². The van der Waals surface area contributed by atoms with Crippen molar-refractivity contribution in [1.82, 2.24) is 9.55 Å². The topological polar surface area (TPSA) is 38.0 Å². The summed E-state index contributed by atoms with van der Waals surface area (Å²) in [6.45, 7) is 4.58. The van der Waals surface area contributed by atoms with Crippen molar-refractivity contribution in [1.29, 1.82) is 0 Å². The van der Waals surface area contributed by atoms with Crippen molar-refractivity contribution in [3.63, 3.8) is 0 Å². The summed E-state index contributed by atoms with van der Waals surface area (Å²) in [6, 6.07) is 6.37. The largest absolute Gasteiger partial charge is 0.396 e. The van der Waals surface area contributed by atoms with E-state index in [9.17, 15) is 0 Å². The minimum Gasteiger partial charge on any atom is -0.396 e. The number of aromatic nitrogens is 2. The lowest BCUT2D eigenvalue weighted by Crippen LogP contribution is -1.99. The highest BCUT2D eigenvalue weighted by molar-refractivity contribution is 7.99. The second-order valence-corrected chi connectivity index (χ2v) is 5.99. The standard InChI is InChI=1S/C16H22N2OS/c1-13-7-6-8-15(14(13)2)18-10-9-17-16(18)20-12-5-3-4-11-19/h6-10,19H,3-5,11-12H2,1-2H3. The van der Waals surface area contributed by atoms with Crippen LogP contribution in [0.5, 0.6) is 0 Å². The van der Waals surface area contributed by atoms with Gasteiger partial charge >= 0.3 is 0 Å². The van der Waals surface area contributed by atoms with E-state index in [1.807, 2.05) is 12.4 Å². The minimum atomic E-state index is 0.293. The first kappa shape index (κ1) is 15.1. The van der Waals surface area contributed by atoms with Crippen molar-refractivity contribution in [2.24, 2.45) is 0 Å². The van der Waals surface area contributed by atoms with Crippen LogP contribution in [0.15, 0.2) is 35.7 Å². The zero-order valence-corrected chi connectivity index (χ0v) is 13.0. The Hall–Kier alpha value is -1.26. The number of aryl methyl sites for hydroxylation is 1. The number of thioether (sulfide) groups is 1. The summed E-state index contributed by atoms with van der Waals surface area (Å²) in [5, 5.41) is 9.82. The number of rotatable bonds is 7. The fourth-order valence-corrected chi connectivity index (χ4v) is 3.10. The fraction of sp³-hybridized carbons (Fsp3) is 0.438. The zero-order valence-electron chi connectivity index (χ0n) is 12.2. The van der Waals surface area contributed by atoms with Crippen LogP contribution >= 0.6 is 11.8 Å². The molecule has 4 heteroatoms. The summed E-state index contributed by atoms with van der Waals surface area (Å²) in [5.41, 5.74) is 3.81. The van der Waals surface area contributed by atoms with E-state index in [2.05, 4.69) is 41.6 Å². The number of hydrogen-bond donors (Lipinski definition) is 1. The van der Waals surface area contributed by atoms with Gasteiger partial charge in [0.15, 0.2) is 5.16 Å². The van der Waals surface area contributed by atoms with Gasteiger partial charge < -0.3 is 5.11 Å². The van der Waals surface area contributed by atoms with E-state index < -0.39 is 0 Å². The molecule has 2 aromatic rings. The zero-order chi connectivity index (χ0) is 14.4. The average molecular weight is 290 g/mol. The number of aliphatic hydroxyl groups is 1. The highest BCUT2D eigenvalue weighted by Gasteiger charge is 2.08. The normalized spacial score (nSPS) is 10.9. The lowest BCUT2D eigenvalue weighted by atomic mass is 10.1. The maximum atomic E-state index is 8.78. The van der Waals surface area contributed by atoms with Gasteiger partial charge in [-0.1, -0.05) is 30.3 Å². The van der Waals surface area contributed by atoms with E-state index in [0.717, 1.165) is 30.2 Å². The molecular weight excluding hydrogens is 268 g/mol. The van der Waals surface area contributed by atoms with E-state index >= 15 is 0 Å². The Kier molecular flexibility index (Phi) is 5.68. The smallest absolute Gasteiger partial charge is 0.172 e. The molecule has 0 saturated carbocycles. The summed E-state index contributed by atoms with van der Waals surface area (Å²) >= 11 is 1.78. The van der Waals surface area contributed by atoms with Crippen LogP contribution in [-0.2, 0) is 0 Å².